The van der Waals surface area contributed by atoms with Gasteiger partial charge < -0.3 is 24.6 Å². The van der Waals surface area contributed by atoms with Crippen molar-refractivity contribution >= 4 is 17.4 Å². The molecule has 222 valence electrons. The molecule has 0 unspecified atom stereocenters. The molecule has 7 heteroatoms. The van der Waals surface area contributed by atoms with Crippen molar-refractivity contribution in [2.45, 2.75) is 60.8 Å². The van der Waals surface area contributed by atoms with Crippen LogP contribution in [0.1, 0.15) is 54.5 Å². The van der Waals surface area contributed by atoms with Gasteiger partial charge in [-0.15, -0.1) is 0 Å². The SMILES string of the molecule is CCC[N+](CCC)(CCOCCOCCNCC(=O)Nc1c(C)cccc1C)CC(=O)Cc1c(C)cccc1C. The molecule has 2 rings (SSSR count). The number of carbonyl (C=O) groups is 2. The molecule has 1 amide bonds. The molecule has 0 atom stereocenters. The van der Waals surface area contributed by atoms with Crippen LogP contribution in [-0.2, 0) is 25.5 Å². The molecule has 2 N–H and O–H groups in total. The number of nitrogens with zero attached hydrogens (tertiary/aromatic N) is 1. The number of hydrogen-bond acceptors (Lipinski definition) is 5. The average Bonchev–Trinajstić information content (AvgIpc) is 2.90. The second-order valence-electron chi connectivity index (χ2n) is 11.0. The summed E-state index contributed by atoms with van der Waals surface area (Å²) in [5.41, 5.74) is 6.55. The molecule has 0 spiro atoms. The van der Waals surface area contributed by atoms with Crippen LogP contribution in [0, 0.1) is 27.7 Å². The topological polar surface area (TPSA) is 76.7 Å². The van der Waals surface area contributed by atoms with E-state index in [1.165, 1.54) is 16.7 Å². The zero-order valence-electron chi connectivity index (χ0n) is 25.7. The van der Waals surface area contributed by atoms with E-state index in [4.69, 9.17) is 9.47 Å². The Morgan fingerprint density at radius 2 is 1.30 bits per heavy atom. The van der Waals surface area contributed by atoms with Crippen molar-refractivity contribution in [1.29, 1.82) is 0 Å². The number of ether oxygens (including phenoxy) is 2. The first kappa shape index (κ1) is 33.6. The second kappa shape index (κ2) is 18.0. The summed E-state index contributed by atoms with van der Waals surface area (Å²) in [6.45, 7) is 18.9. The lowest BCUT2D eigenvalue weighted by molar-refractivity contribution is -0.921. The molecule has 0 heterocycles. The molecule has 0 aromatic heterocycles. The van der Waals surface area contributed by atoms with E-state index in [0.717, 1.165) is 53.8 Å². The molecule has 2 aromatic carbocycles. The molecule has 7 nitrogen and oxygen atoms in total. The molecule has 0 radical (unpaired) electrons. The van der Waals surface area contributed by atoms with Crippen molar-refractivity contribution in [2.24, 2.45) is 0 Å². The molecular weight excluding hydrogens is 502 g/mol. The van der Waals surface area contributed by atoms with E-state index in [0.29, 0.717) is 51.7 Å². The van der Waals surface area contributed by atoms with Crippen LogP contribution in [-0.4, -0.2) is 81.9 Å². The highest BCUT2D eigenvalue weighted by Crippen LogP contribution is 2.19. The maximum atomic E-state index is 13.2. The lowest BCUT2D eigenvalue weighted by atomic mass is 9.97. The number of Topliss-reactive ketones (excluding diaryl/α,β-unsaturated/α-hetero) is 1. The van der Waals surface area contributed by atoms with Crippen LogP contribution in [0.3, 0.4) is 0 Å². The normalized spacial score (nSPS) is 11.6. The number of aryl methyl sites for hydroxylation is 4. The van der Waals surface area contributed by atoms with Gasteiger partial charge in [-0.05, 0) is 68.4 Å². The number of ketones is 1. The number of hydrogen-bond donors (Lipinski definition) is 2. The first-order valence-corrected chi connectivity index (χ1v) is 14.9. The Hall–Kier alpha value is -2.58. The number of quaternary nitrogens is 1. The van der Waals surface area contributed by atoms with Gasteiger partial charge in [0.25, 0.3) is 0 Å². The molecule has 0 bridgehead atoms. The Morgan fingerprint density at radius 3 is 1.88 bits per heavy atom. The zero-order chi connectivity index (χ0) is 29.4. The Balaban J connectivity index is 1.67. The van der Waals surface area contributed by atoms with Crippen LogP contribution in [0.15, 0.2) is 36.4 Å². The fourth-order valence-corrected chi connectivity index (χ4v) is 5.40. The fourth-order valence-electron chi connectivity index (χ4n) is 5.40. The number of carbonyl (C=O) groups excluding carboxylic acids is 2. The first-order chi connectivity index (χ1) is 19.2. The van der Waals surface area contributed by atoms with Crippen molar-refractivity contribution < 1.29 is 23.5 Å². The number of rotatable bonds is 20. The highest BCUT2D eigenvalue weighted by Gasteiger charge is 2.29. The van der Waals surface area contributed by atoms with Crippen LogP contribution in [0.2, 0.25) is 0 Å². The van der Waals surface area contributed by atoms with Gasteiger partial charge in [-0.1, -0.05) is 50.2 Å². The zero-order valence-corrected chi connectivity index (χ0v) is 25.7. The minimum atomic E-state index is -0.0611. The summed E-state index contributed by atoms with van der Waals surface area (Å²) in [5, 5.41) is 6.10. The largest absolute Gasteiger partial charge is 0.378 e. The highest BCUT2D eigenvalue weighted by molar-refractivity contribution is 5.93. The maximum Gasteiger partial charge on any atom is 0.238 e. The van der Waals surface area contributed by atoms with E-state index >= 15 is 0 Å². The quantitative estimate of drug-likeness (QED) is 0.179. The molecule has 0 aliphatic heterocycles. The van der Waals surface area contributed by atoms with E-state index in [1.807, 2.05) is 32.0 Å². The van der Waals surface area contributed by atoms with E-state index in [1.54, 1.807) is 0 Å². The van der Waals surface area contributed by atoms with Crippen LogP contribution >= 0.6 is 0 Å². The van der Waals surface area contributed by atoms with E-state index < -0.39 is 0 Å². The van der Waals surface area contributed by atoms with Gasteiger partial charge in [0.15, 0.2) is 5.78 Å². The Labute approximate surface area is 242 Å². The summed E-state index contributed by atoms with van der Waals surface area (Å²) in [6, 6.07) is 12.2. The van der Waals surface area contributed by atoms with Crippen molar-refractivity contribution in [1.82, 2.24) is 5.32 Å². The number of amides is 1. The van der Waals surface area contributed by atoms with E-state index in [9.17, 15) is 9.59 Å². The predicted molar refractivity (Wildman–Crippen MR) is 164 cm³/mol. The number of nitrogens with one attached hydrogen (secondary N) is 2. The highest BCUT2D eigenvalue weighted by atomic mass is 16.5. The van der Waals surface area contributed by atoms with Gasteiger partial charge in [0.2, 0.25) is 5.91 Å². The summed E-state index contributed by atoms with van der Waals surface area (Å²) in [5.74, 6) is 0.242. The maximum absolute atomic E-state index is 13.2. The number of para-hydroxylation sites is 1. The third-order valence-electron chi connectivity index (χ3n) is 7.46. The van der Waals surface area contributed by atoms with Crippen molar-refractivity contribution in [3.8, 4) is 0 Å². The molecule has 0 aliphatic carbocycles. The van der Waals surface area contributed by atoms with Crippen LogP contribution in [0.5, 0.6) is 0 Å². The van der Waals surface area contributed by atoms with Crippen LogP contribution in [0.25, 0.3) is 0 Å². The Morgan fingerprint density at radius 1 is 0.750 bits per heavy atom. The van der Waals surface area contributed by atoms with E-state index in [-0.39, 0.29) is 12.5 Å². The Bertz CT molecular complexity index is 1020. The van der Waals surface area contributed by atoms with Crippen LogP contribution < -0.4 is 10.6 Å². The standard InChI is InChI=1S/C33H51N3O4/c1-7-16-36(17-8-2,25-30(37)23-31-26(3)11-9-12-27(31)4)18-20-40-22-21-39-19-15-34-24-32(38)35-33-28(5)13-10-14-29(33)6/h9-14,34H,7-8,15-25H2,1-6H3/p+1. The van der Waals surface area contributed by atoms with Gasteiger partial charge >= 0.3 is 0 Å². The van der Waals surface area contributed by atoms with Gasteiger partial charge in [0.1, 0.15) is 13.1 Å². The smallest absolute Gasteiger partial charge is 0.238 e. The monoisotopic (exact) mass is 554 g/mol. The third-order valence-corrected chi connectivity index (χ3v) is 7.46. The van der Waals surface area contributed by atoms with Gasteiger partial charge in [-0.2, -0.15) is 0 Å². The Kier molecular flexibility index (Phi) is 15.1. The van der Waals surface area contributed by atoms with Gasteiger partial charge in [-0.25, -0.2) is 0 Å². The molecule has 40 heavy (non-hydrogen) atoms. The second-order valence-corrected chi connectivity index (χ2v) is 11.0. The molecular formula is C33H52N3O4+. The van der Waals surface area contributed by atoms with Gasteiger partial charge in [0.05, 0.1) is 46.1 Å². The average molecular weight is 555 g/mol. The lowest BCUT2D eigenvalue weighted by Crippen LogP contribution is -2.54. The van der Waals surface area contributed by atoms with Gasteiger partial charge in [-0.3, -0.25) is 9.59 Å². The number of anilines is 1. The first-order valence-electron chi connectivity index (χ1n) is 14.9. The van der Waals surface area contributed by atoms with Crippen LogP contribution in [0.4, 0.5) is 5.69 Å². The molecule has 0 aliphatic rings. The van der Waals surface area contributed by atoms with Crippen molar-refractivity contribution in [3.05, 3.63) is 64.2 Å². The van der Waals surface area contributed by atoms with Gasteiger partial charge in [0, 0.05) is 18.7 Å². The molecule has 0 saturated carbocycles. The molecule has 0 fully saturated rings. The number of benzene rings is 2. The lowest BCUT2D eigenvalue weighted by Gasteiger charge is -2.38. The summed E-state index contributed by atoms with van der Waals surface area (Å²) < 4.78 is 12.4. The summed E-state index contributed by atoms with van der Waals surface area (Å²) in [6.07, 6.45) is 2.58. The minimum absolute atomic E-state index is 0.0611. The minimum Gasteiger partial charge on any atom is -0.378 e. The van der Waals surface area contributed by atoms with Crippen molar-refractivity contribution in [2.75, 3.05) is 71.0 Å². The summed E-state index contributed by atoms with van der Waals surface area (Å²) >= 11 is 0. The summed E-state index contributed by atoms with van der Waals surface area (Å²) in [4.78, 5) is 25.4. The molecule has 2 aromatic rings. The summed E-state index contributed by atoms with van der Waals surface area (Å²) in [7, 11) is 0. The third kappa shape index (κ3) is 11.5. The fraction of sp³-hybridized carbons (Fsp3) is 0.576. The molecule has 0 saturated heterocycles. The van der Waals surface area contributed by atoms with E-state index in [2.05, 4.69) is 56.5 Å². The van der Waals surface area contributed by atoms with Crippen molar-refractivity contribution in [3.63, 3.8) is 0 Å². The predicted octanol–water partition coefficient (Wildman–Crippen LogP) is 4.93.